The first-order valence-corrected chi connectivity index (χ1v) is 9.16. The Balaban J connectivity index is 4.18. The third-order valence-corrected chi connectivity index (χ3v) is 4.20. The Morgan fingerprint density at radius 1 is 0.696 bits per heavy atom. The molecule has 0 atom stereocenters. The van der Waals surface area contributed by atoms with Gasteiger partial charge < -0.3 is 10.6 Å². The van der Waals surface area contributed by atoms with Crippen LogP contribution in [-0.2, 0) is 0 Å². The van der Waals surface area contributed by atoms with Gasteiger partial charge in [0, 0.05) is 57.4 Å². The summed E-state index contributed by atoms with van der Waals surface area (Å²) in [6.07, 6.45) is 0. The first kappa shape index (κ1) is 22.2. The van der Waals surface area contributed by atoms with Crippen molar-refractivity contribution in [1.29, 1.82) is 0 Å². The molecule has 0 radical (unpaired) electrons. The standard InChI is InChI=1S/C18H41N5/c1-14(2)22(15(3)4)12-10-20-18(19-9)21-11-13-23(16(5)6)17(7)8/h14-17H,10-13H2,1-9H3,(H2,19,20,21). The molecule has 0 unspecified atom stereocenters. The minimum Gasteiger partial charge on any atom is -0.355 e. The van der Waals surface area contributed by atoms with E-state index in [0.29, 0.717) is 24.2 Å². The second-order valence-corrected chi connectivity index (χ2v) is 7.28. The first-order valence-electron chi connectivity index (χ1n) is 9.16. The molecule has 0 rings (SSSR count). The van der Waals surface area contributed by atoms with E-state index in [9.17, 15) is 0 Å². The van der Waals surface area contributed by atoms with E-state index in [1.165, 1.54) is 0 Å². The van der Waals surface area contributed by atoms with E-state index in [-0.39, 0.29) is 0 Å². The molecule has 138 valence electrons. The second-order valence-electron chi connectivity index (χ2n) is 7.28. The van der Waals surface area contributed by atoms with Crippen molar-refractivity contribution < 1.29 is 0 Å². The highest BCUT2D eigenvalue weighted by Gasteiger charge is 2.14. The van der Waals surface area contributed by atoms with Gasteiger partial charge in [-0.1, -0.05) is 0 Å². The highest BCUT2D eigenvalue weighted by Crippen LogP contribution is 2.04. The fourth-order valence-electron chi connectivity index (χ4n) is 3.05. The van der Waals surface area contributed by atoms with Crippen molar-refractivity contribution in [2.24, 2.45) is 4.99 Å². The third-order valence-electron chi connectivity index (χ3n) is 4.20. The van der Waals surface area contributed by atoms with Gasteiger partial charge in [0.2, 0.25) is 0 Å². The fourth-order valence-corrected chi connectivity index (χ4v) is 3.05. The number of aliphatic imine (C=N–C) groups is 1. The van der Waals surface area contributed by atoms with Crippen LogP contribution in [0.1, 0.15) is 55.4 Å². The molecule has 0 amide bonds. The lowest BCUT2D eigenvalue weighted by molar-refractivity contribution is 0.176. The zero-order valence-electron chi connectivity index (χ0n) is 17.0. The topological polar surface area (TPSA) is 42.9 Å². The summed E-state index contributed by atoms with van der Waals surface area (Å²) in [6.45, 7) is 21.9. The summed E-state index contributed by atoms with van der Waals surface area (Å²) in [5.41, 5.74) is 0. The molecule has 5 nitrogen and oxygen atoms in total. The van der Waals surface area contributed by atoms with Gasteiger partial charge in [0.15, 0.2) is 5.96 Å². The maximum Gasteiger partial charge on any atom is 0.191 e. The quantitative estimate of drug-likeness (QED) is 0.478. The number of guanidine groups is 1. The van der Waals surface area contributed by atoms with E-state index in [1.807, 2.05) is 7.05 Å². The Hall–Kier alpha value is -0.810. The van der Waals surface area contributed by atoms with Gasteiger partial charge in [-0.15, -0.1) is 0 Å². The highest BCUT2D eigenvalue weighted by atomic mass is 15.2. The molecule has 0 bridgehead atoms. The average Bonchev–Trinajstić information content (AvgIpc) is 2.43. The molecule has 0 saturated carbocycles. The summed E-state index contributed by atoms with van der Waals surface area (Å²) < 4.78 is 0. The predicted molar refractivity (Wildman–Crippen MR) is 103 cm³/mol. The third kappa shape index (κ3) is 9.16. The summed E-state index contributed by atoms with van der Waals surface area (Å²) in [4.78, 5) is 9.29. The Morgan fingerprint density at radius 3 is 1.22 bits per heavy atom. The SMILES string of the molecule is CN=C(NCCN(C(C)C)C(C)C)NCCN(C(C)C)C(C)C. The van der Waals surface area contributed by atoms with E-state index in [4.69, 9.17) is 0 Å². The molecule has 0 spiro atoms. The molecular formula is C18H41N5. The van der Waals surface area contributed by atoms with E-state index in [1.54, 1.807) is 0 Å². The van der Waals surface area contributed by atoms with E-state index < -0.39 is 0 Å². The summed E-state index contributed by atoms with van der Waals surface area (Å²) in [5, 5.41) is 6.84. The maximum atomic E-state index is 4.32. The van der Waals surface area contributed by atoms with Crippen LogP contribution in [0.4, 0.5) is 0 Å². The summed E-state index contributed by atoms with van der Waals surface area (Å²) in [6, 6.07) is 2.27. The molecule has 0 heterocycles. The van der Waals surface area contributed by atoms with Crippen LogP contribution in [0.3, 0.4) is 0 Å². The molecule has 0 aliphatic heterocycles. The van der Waals surface area contributed by atoms with Gasteiger partial charge in [0.1, 0.15) is 0 Å². The Kier molecular flexibility index (Phi) is 11.3. The molecule has 0 aromatic rings. The van der Waals surface area contributed by atoms with Gasteiger partial charge in [-0.3, -0.25) is 14.8 Å². The first-order chi connectivity index (χ1) is 10.7. The van der Waals surface area contributed by atoms with Gasteiger partial charge in [-0.2, -0.15) is 0 Å². The van der Waals surface area contributed by atoms with Crippen LogP contribution in [0.5, 0.6) is 0 Å². The molecule has 0 aliphatic carbocycles. The predicted octanol–water partition coefficient (Wildman–Crippen LogP) is 2.39. The molecule has 2 N–H and O–H groups in total. The van der Waals surface area contributed by atoms with Crippen molar-refractivity contribution >= 4 is 5.96 Å². The van der Waals surface area contributed by atoms with Crippen molar-refractivity contribution in [1.82, 2.24) is 20.4 Å². The minimum absolute atomic E-state index is 0.567. The Morgan fingerprint density at radius 2 is 1.00 bits per heavy atom. The minimum atomic E-state index is 0.567. The van der Waals surface area contributed by atoms with Gasteiger partial charge in [-0.25, -0.2) is 0 Å². The van der Waals surface area contributed by atoms with Crippen molar-refractivity contribution in [3.8, 4) is 0 Å². The zero-order chi connectivity index (χ0) is 18.0. The molecule has 0 aromatic heterocycles. The molecule has 5 heteroatoms. The van der Waals surface area contributed by atoms with E-state index in [2.05, 4.69) is 80.8 Å². The van der Waals surface area contributed by atoms with Crippen molar-refractivity contribution in [2.45, 2.75) is 79.6 Å². The van der Waals surface area contributed by atoms with Crippen molar-refractivity contribution in [3.05, 3.63) is 0 Å². The normalized spacial score (nSPS) is 12.1. The maximum absolute atomic E-state index is 4.32. The fraction of sp³-hybridized carbons (Fsp3) is 0.944. The van der Waals surface area contributed by atoms with Gasteiger partial charge in [0.05, 0.1) is 0 Å². The molecule has 0 fully saturated rings. The number of hydrogen-bond donors (Lipinski definition) is 2. The van der Waals surface area contributed by atoms with Gasteiger partial charge in [-0.05, 0) is 55.4 Å². The summed E-state index contributed by atoms with van der Waals surface area (Å²) >= 11 is 0. The van der Waals surface area contributed by atoms with Crippen LogP contribution >= 0.6 is 0 Å². The lowest BCUT2D eigenvalue weighted by Crippen LogP contribution is -2.47. The van der Waals surface area contributed by atoms with Gasteiger partial charge in [0.25, 0.3) is 0 Å². The summed E-state index contributed by atoms with van der Waals surface area (Å²) in [5.74, 6) is 0.893. The Labute approximate surface area is 144 Å². The van der Waals surface area contributed by atoms with Crippen LogP contribution < -0.4 is 10.6 Å². The van der Waals surface area contributed by atoms with E-state index >= 15 is 0 Å². The second kappa shape index (κ2) is 11.7. The number of nitrogens with one attached hydrogen (secondary N) is 2. The molecule has 0 aromatic carbocycles. The highest BCUT2D eigenvalue weighted by molar-refractivity contribution is 5.79. The Bertz CT molecular complexity index is 279. The molecule has 0 saturated heterocycles. The largest absolute Gasteiger partial charge is 0.355 e. The average molecular weight is 328 g/mol. The van der Waals surface area contributed by atoms with Crippen molar-refractivity contribution in [2.75, 3.05) is 33.2 Å². The lowest BCUT2D eigenvalue weighted by Gasteiger charge is -2.31. The van der Waals surface area contributed by atoms with Crippen LogP contribution in [0.25, 0.3) is 0 Å². The monoisotopic (exact) mass is 327 g/mol. The van der Waals surface area contributed by atoms with Crippen molar-refractivity contribution in [3.63, 3.8) is 0 Å². The zero-order valence-corrected chi connectivity index (χ0v) is 17.0. The van der Waals surface area contributed by atoms with Crippen LogP contribution in [0.15, 0.2) is 4.99 Å². The van der Waals surface area contributed by atoms with Crippen LogP contribution in [0.2, 0.25) is 0 Å². The molecular weight excluding hydrogens is 286 g/mol. The number of nitrogens with zero attached hydrogens (tertiary/aromatic N) is 3. The smallest absolute Gasteiger partial charge is 0.191 e. The number of rotatable bonds is 10. The molecule has 0 aliphatic rings. The lowest BCUT2D eigenvalue weighted by atomic mass is 10.2. The van der Waals surface area contributed by atoms with Gasteiger partial charge >= 0.3 is 0 Å². The number of hydrogen-bond acceptors (Lipinski definition) is 3. The van der Waals surface area contributed by atoms with E-state index in [0.717, 1.165) is 32.1 Å². The summed E-state index contributed by atoms with van der Waals surface area (Å²) in [7, 11) is 1.83. The van der Waals surface area contributed by atoms with Crippen LogP contribution in [0, 0.1) is 0 Å². The molecule has 23 heavy (non-hydrogen) atoms. The van der Waals surface area contributed by atoms with Crippen LogP contribution in [-0.4, -0.2) is 73.2 Å².